The first kappa shape index (κ1) is 21.8. The van der Waals surface area contributed by atoms with Crippen LogP contribution in [0.25, 0.3) is 16.3 Å². The fraction of sp³-hybridized carbons (Fsp3) is 0.348. The Kier molecular flexibility index (Phi) is 7.03. The smallest absolute Gasteiger partial charge is 0.270 e. The van der Waals surface area contributed by atoms with Crippen molar-refractivity contribution in [2.75, 3.05) is 25.2 Å². The topological polar surface area (TPSA) is 71.2 Å². The predicted octanol–water partition coefficient (Wildman–Crippen LogP) is 4.71. The molecule has 0 radical (unpaired) electrons. The second kappa shape index (κ2) is 9.70. The maximum Gasteiger partial charge on any atom is 0.270 e. The molecule has 0 spiro atoms. The van der Waals surface area contributed by atoms with Crippen LogP contribution in [0.1, 0.15) is 30.3 Å². The van der Waals surface area contributed by atoms with Crippen molar-refractivity contribution in [1.82, 2.24) is 9.55 Å². The number of amides is 1. The van der Waals surface area contributed by atoms with E-state index >= 15 is 0 Å². The molecule has 0 unspecified atom stereocenters. The highest BCUT2D eigenvalue weighted by atomic mass is 32.1. The molecule has 2 aromatic heterocycles. The average molecular weight is 423 g/mol. The van der Waals surface area contributed by atoms with E-state index in [9.17, 15) is 10.1 Å². The molecular formula is C23H26N4O2S. The SMILES string of the molecule is CCCn1c(C)cc(/C=C(/C#N)C(=O)N(CCOC)c2nc3ccccc3s2)c1C. The largest absolute Gasteiger partial charge is 0.383 e. The van der Waals surface area contributed by atoms with Crippen LogP contribution in [0.5, 0.6) is 0 Å². The molecular weight excluding hydrogens is 396 g/mol. The number of benzene rings is 1. The third kappa shape index (κ3) is 4.45. The van der Waals surface area contributed by atoms with E-state index in [-0.39, 0.29) is 11.5 Å². The van der Waals surface area contributed by atoms with Crippen LogP contribution in [0.3, 0.4) is 0 Å². The molecule has 1 amide bonds. The highest BCUT2D eigenvalue weighted by Gasteiger charge is 2.23. The predicted molar refractivity (Wildman–Crippen MR) is 122 cm³/mol. The fourth-order valence-corrected chi connectivity index (χ4v) is 4.42. The minimum absolute atomic E-state index is 0.0853. The summed E-state index contributed by atoms with van der Waals surface area (Å²) in [6.45, 7) is 7.77. The summed E-state index contributed by atoms with van der Waals surface area (Å²) in [5.74, 6) is -0.367. The Morgan fingerprint density at radius 1 is 1.37 bits per heavy atom. The Labute approximate surface area is 181 Å². The van der Waals surface area contributed by atoms with Gasteiger partial charge in [0.15, 0.2) is 5.13 Å². The molecule has 0 aliphatic rings. The zero-order chi connectivity index (χ0) is 21.7. The van der Waals surface area contributed by atoms with Crippen molar-refractivity contribution in [3.8, 4) is 6.07 Å². The van der Waals surface area contributed by atoms with Gasteiger partial charge in [-0.3, -0.25) is 9.69 Å². The summed E-state index contributed by atoms with van der Waals surface area (Å²) in [6.07, 6.45) is 2.70. The van der Waals surface area contributed by atoms with E-state index in [4.69, 9.17) is 4.74 Å². The molecule has 156 valence electrons. The van der Waals surface area contributed by atoms with E-state index in [1.807, 2.05) is 44.2 Å². The van der Waals surface area contributed by atoms with Gasteiger partial charge in [0, 0.05) is 25.0 Å². The third-order valence-electron chi connectivity index (χ3n) is 4.99. The van der Waals surface area contributed by atoms with Gasteiger partial charge in [-0.05, 0) is 50.1 Å². The van der Waals surface area contributed by atoms with Crippen LogP contribution in [0.2, 0.25) is 0 Å². The molecule has 7 heteroatoms. The van der Waals surface area contributed by atoms with Crippen LogP contribution in [-0.4, -0.2) is 35.7 Å². The van der Waals surface area contributed by atoms with Gasteiger partial charge in [0.05, 0.1) is 23.4 Å². The van der Waals surface area contributed by atoms with Crippen molar-refractivity contribution in [2.24, 2.45) is 0 Å². The summed E-state index contributed by atoms with van der Waals surface area (Å²) in [6, 6.07) is 11.9. The lowest BCUT2D eigenvalue weighted by Crippen LogP contribution is -2.34. The average Bonchev–Trinajstić information content (AvgIpc) is 3.28. The van der Waals surface area contributed by atoms with Gasteiger partial charge in [-0.2, -0.15) is 5.26 Å². The van der Waals surface area contributed by atoms with Gasteiger partial charge < -0.3 is 9.30 Å². The highest BCUT2D eigenvalue weighted by Crippen LogP contribution is 2.30. The monoisotopic (exact) mass is 422 g/mol. The molecule has 30 heavy (non-hydrogen) atoms. The number of fused-ring (bicyclic) bond motifs is 1. The maximum absolute atomic E-state index is 13.3. The maximum atomic E-state index is 13.3. The van der Waals surface area contributed by atoms with E-state index in [1.165, 1.54) is 16.2 Å². The van der Waals surface area contributed by atoms with E-state index in [1.54, 1.807) is 13.2 Å². The zero-order valence-corrected chi connectivity index (χ0v) is 18.6. The molecule has 0 fully saturated rings. The fourth-order valence-electron chi connectivity index (χ4n) is 3.43. The molecule has 0 aliphatic heterocycles. The number of anilines is 1. The number of nitrogens with zero attached hydrogens (tertiary/aromatic N) is 4. The molecule has 2 heterocycles. The van der Waals surface area contributed by atoms with Crippen molar-refractivity contribution in [3.05, 3.63) is 52.9 Å². The molecule has 0 saturated heterocycles. The van der Waals surface area contributed by atoms with E-state index in [2.05, 4.69) is 22.5 Å². The first-order chi connectivity index (χ1) is 14.5. The summed E-state index contributed by atoms with van der Waals surface area (Å²) in [5.41, 5.74) is 3.98. The quantitative estimate of drug-likeness (QED) is 0.389. The summed E-state index contributed by atoms with van der Waals surface area (Å²) in [7, 11) is 1.59. The van der Waals surface area contributed by atoms with E-state index in [0.29, 0.717) is 18.3 Å². The number of methoxy groups -OCH3 is 1. The van der Waals surface area contributed by atoms with E-state index in [0.717, 1.165) is 40.1 Å². The number of ether oxygens (including phenoxy) is 1. The van der Waals surface area contributed by atoms with Crippen molar-refractivity contribution < 1.29 is 9.53 Å². The summed E-state index contributed by atoms with van der Waals surface area (Å²) in [5, 5.41) is 10.3. The molecule has 0 bridgehead atoms. The van der Waals surface area contributed by atoms with Crippen molar-refractivity contribution in [2.45, 2.75) is 33.7 Å². The number of aromatic nitrogens is 2. The lowest BCUT2D eigenvalue weighted by atomic mass is 10.1. The van der Waals surface area contributed by atoms with Gasteiger partial charge in [0.25, 0.3) is 5.91 Å². The Morgan fingerprint density at radius 3 is 2.80 bits per heavy atom. The second-order valence-electron chi connectivity index (χ2n) is 7.06. The minimum atomic E-state index is -0.367. The van der Waals surface area contributed by atoms with Gasteiger partial charge in [-0.25, -0.2) is 4.98 Å². The van der Waals surface area contributed by atoms with Crippen LogP contribution in [0.15, 0.2) is 35.9 Å². The Balaban J connectivity index is 1.99. The Morgan fingerprint density at radius 2 is 2.13 bits per heavy atom. The molecule has 3 aromatic rings. The number of hydrogen-bond donors (Lipinski definition) is 0. The number of para-hydroxylation sites is 1. The van der Waals surface area contributed by atoms with Crippen LogP contribution in [0.4, 0.5) is 5.13 Å². The number of aryl methyl sites for hydroxylation is 1. The van der Waals surface area contributed by atoms with Crippen molar-refractivity contribution in [1.29, 1.82) is 5.26 Å². The summed E-state index contributed by atoms with van der Waals surface area (Å²) in [4.78, 5) is 19.5. The molecule has 6 nitrogen and oxygen atoms in total. The number of hydrogen-bond acceptors (Lipinski definition) is 5. The summed E-state index contributed by atoms with van der Waals surface area (Å²) >= 11 is 1.43. The Bertz CT molecular complexity index is 1090. The van der Waals surface area contributed by atoms with Crippen LogP contribution in [-0.2, 0) is 16.1 Å². The number of rotatable bonds is 8. The first-order valence-electron chi connectivity index (χ1n) is 9.95. The first-order valence-corrected chi connectivity index (χ1v) is 10.8. The second-order valence-corrected chi connectivity index (χ2v) is 8.07. The van der Waals surface area contributed by atoms with Crippen molar-refractivity contribution in [3.63, 3.8) is 0 Å². The lowest BCUT2D eigenvalue weighted by molar-refractivity contribution is -0.114. The Hall–Kier alpha value is -2.95. The number of carbonyl (C=O) groups is 1. The molecule has 0 atom stereocenters. The number of nitriles is 1. The number of thiazole rings is 1. The number of carbonyl (C=O) groups excluding carboxylic acids is 1. The van der Waals surface area contributed by atoms with Crippen molar-refractivity contribution >= 4 is 38.7 Å². The van der Waals surface area contributed by atoms with E-state index < -0.39 is 0 Å². The van der Waals surface area contributed by atoms with Crippen LogP contribution < -0.4 is 4.90 Å². The van der Waals surface area contributed by atoms with Crippen LogP contribution >= 0.6 is 11.3 Å². The van der Waals surface area contributed by atoms with Gasteiger partial charge in [0.1, 0.15) is 11.6 Å². The lowest BCUT2D eigenvalue weighted by Gasteiger charge is -2.19. The van der Waals surface area contributed by atoms with Gasteiger partial charge in [-0.15, -0.1) is 0 Å². The normalized spacial score (nSPS) is 11.6. The van der Waals surface area contributed by atoms with Gasteiger partial charge in [-0.1, -0.05) is 30.4 Å². The molecule has 0 aliphatic carbocycles. The zero-order valence-electron chi connectivity index (χ0n) is 17.8. The molecule has 1 aromatic carbocycles. The molecule has 0 saturated carbocycles. The minimum Gasteiger partial charge on any atom is -0.383 e. The highest BCUT2D eigenvalue weighted by molar-refractivity contribution is 7.22. The molecule has 3 rings (SSSR count). The third-order valence-corrected chi connectivity index (χ3v) is 6.05. The van der Waals surface area contributed by atoms with Crippen LogP contribution in [0, 0.1) is 25.2 Å². The van der Waals surface area contributed by atoms with Gasteiger partial charge in [0.2, 0.25) is 0 Å². The van der Waals surface area contributed by atoms with Gasteiger partial charge >= 0.3 is 0 Å². The standard InChI is InChI=1S/C23H26N4O2S/c1-5-10-26-16(2)13-18(17(26)3)14-19(15-24)22(28)27(11-12-29-4)23-25-20-8-6-7-9-21(20)30-23/h6-9,13-14H,5,10-12H2,1-4H3/b19-14-. The summed E-state index contributed by atoms with van der Waals surface area (Å²) < 4.78 is 8.40. The molecule has 0 N–H and O–H groups in total.